The molecule has 3 aromatic carbocycles. The fourth-order valence-corrected chi connectivity index (χ4v) is 5.76. The molecule has 1 amide bonds. The molecule has 3 nitrogen and oxygen atoms in total. The molecule has 200 valence electrons. The summed E-state index contributed by atoms with van der Waals surface area (Å²) in [6.07, 6.45) is 6.38. The third kappa shape index (κ3) is 5.18. The number of likely N-dealkylation sites (N-methyl/N-ethyl adjacent to an activating group) is 1. The summed E-state index contributed by atoms with van der Waals surface area (Å²) in [6, 6.07) is 15.7. The van der Waals surface area contributed by atoms with Crippen LogP contribution in [0.2, 0.25) is 0 Å². The number of benzene rings is 3. The van der Waals surface area contributed by atoms with Crippen LogP contribution in [0.5, 0.6) is 0 Å². The summed E-state index contributed by atoms with van der Waals surface area (Å²) in [7, 11) is 1.84. The molecule has 1 unspecified atom stereocenters. The molecule has 2 N–H and O–H groups in total. The molecule has 5 heteroatoms. The van der Waals surface area contributed by atoms with Crippen molar-refractivity contribution in [2.45, 2.75) is 52.0 Å². The van der Waals surface area contributed by atoms with Crippen molar-refractivity contribution in [1.82, 2.24) is 10.6 Å². The summed E-state index contributed by atoms with van der Waals surface area (Å²) in [4.78, 5) is 13.1. The van der Waals surface area contributed by atoms with Crippen molar-refractivity contribution in [3.8, 4) is 11.1 Å². The number of aryl methyl sites for hydroxylation is 1. The standard InChI is InChI=1S/C34H34F2N2O/c1-5-7-23-16-25-18-28(22-10-13-26(35)14-11-22)33(21(3)37-4)29(25)19-27(23)24-12-15-31(36)30(17-24)34(39)38-32-9-6-8-20(32)2/h8,10-17,19,32,37H,3,5-7,9,18H2,1-2,4H3,(H,38,39). The second-order valence-corrected chi connectivity index (χ2v) is 10.4. The Balaban J connectivity index is 1.60. The lowest BCUT2D eigenvalue weighted by Gasteiger charge is -2.18. The summed E-state index contributed by atoms with van der Waals surface area (Å²) >= 11 is 0. The average molecular weight is 525 g/mol. The monoisotopic (exact) mass is 524 g/mol. The predicted molar refractivity (Wildman–Crippen MR) is 155 cm³/mol. The van der Waals surface area contributed by atoms with Gasteiger partial charge in [0.2, 0.25) is 0 Å². The van der Waals surface area contributed by atoms with Crippen molar-refractivity contribution in [2.24, 2.45) is 0 Å². The fourth-order valence-electron chi connectivity index (χ4n) is 5.76. The Morgan fingerprint density at radius 3 is 2.44 bits per heavy atom. The largest absolute Gasteiger partial charge is 0.388 e. The second kappa shape index (κ2) is 11.0. The molecule has 0 aliphatic heterocycles. The van der Waals surface area contributed by atoms with Gasteiger partial charge in [0.1, 0.15) is 11.6 Å². The van der Waals surface area contributed by atoms with Gasteiger partial charge in [-0.1, -0.05) is 55.8 Å². The van der Waals surface area contributed by atoms with Gasteiger partial charge < -0.3 is 10.6 Å². The van der Waals surface area contributed by atoms with Gasteiger partial charge in [0.25, 0.3) is 5.91 Å². The van der Waals surface area contributed by atoms with Crippen LogP contribution >= 0.6 is 0 Å². The highest BCUT2D eigenvalue weighted by Crippen LogP contribution is 2.44. The lowest BCUT2D eigenvalue weighted by molar-refractivity contribution is 0.0938. The Morgan fingerprint density at radius 2 is 1.77 bits per heavy atom. The number of rotatable bonds is 8. The lowest BCUT2D eigenvalue weighted by Crippen LogP contribution is -2.34. The SMILES string of the molecule is C=C(NC)C1=C(c2ccc(F)cc2)Cc2cc(CCC)c(-c3ccc(F)c(C(=O)NC4CCC=C4C)c3)cc21. The first kappa shape index (κ1) is 26.6. The average Bonchev–Trinajstić information content (AvgIpc) is 3.51. The van der Waals surface area contributed by atoms with E-state index in [9.17, 15) is 13.6 Å². The van der Waals surface area contributed by atoms with Crippen molar-refractivity contribution in [1.29, 1.82) is 0 Å². The first-order valence-electron chi connectivity index (χ1n) is 13.6. The van der Waals surface area contributed by atoms with Crippen LogP contribution in [0.1, 0.15) is 65.7 Å². The van der Waals surface area contributed by atoms with Crippen LogP contribution in [-0.4, -0.2) is 19.0 Å². The molecule has 0 radical (unpaired) electrons. The van der Waals surface area contributed by atoms with Gasteiger partial charge in [-0.15, -0.1) is 0 Å². The highest BCUT2D eigenvalue weighted by molar-refractivity contribution is 6.04. The number of allylic oxidation sites excluding steroid dienone is 3. The number of hydrogen-bond donors (Lipinski definition) is 2. The molecule has 0 saturated carbocycles. The molecule has 0 heterocycles. The van der Waals surface area contributed by atoms with Crippen molar-refractivity contribution >= 4 is 17.1 Å². The minimum absolute atomic E-state index is 0.0533. The third-order valence-electron chi connectivity index (χ3n) is 7.88. The van der Waals surface area contributed by atoms with E-state index in [0.717, 1.165) is 75.9 Å². The second-order valence-electron chi connectivity index (χ2n) is 10.4. The maximum absolute atomic E-state index is 14.9. The van der Waals surface area contributed by atoms with Gasteiger partial charge >= 0.3 is 0 Å². The van der Waals surface area contributed by atoms with E-state index < -0.39 is 11.7 Å². The molecule has 2 aliphatic carbocycles. The van der Waals surface area contributed by atoms with Gasteiger partial charge in [0.15, 0.2) is 0 Å². The molecule has 3 aromatic rings. The summed E-state index contributed by atoms with van der Waals surface area (Å²) in [5, 5.41) is 6.20. The number of nitrogens with one attached hydrogen (secondary N) is 2. The quantitative estimate of drug-likeness (QED) is 0.298. The summed E-state index contributed by atoms with van der Waals surface area (Å²) in [6.45, 7) is 8.39. The normalized spacial score (nSPS) is 16.2. The predicted octanol–water partition coefficient (Wildman–Crippen LogP) is 7.62. The van der Waals surface area contributed by atoms with Gasteiger partial charge in [-0.25, -0.2) is 8.78 Å². The van der Waals surface area contributed by atoms with Crippen LogP contribution in [-0.2, 0) is 12.8 Å². The van der Waals surface area contributed by atoms with Gasteiger partial charge in [-0.05, 0) is 102 Å². The zero-order valence-electron chi connectivity index (χ0n) is 22.8. The number of carbonyl (C=O) groups excluding carboxylic acids is 1. The molecule has 1 atom stereocenters. The van der Waals surface area contributed by atoms with E-state index in [1.165, 1.54) is 23.8 Å². The summed E-state index contributed by atoms with van der Waals surface area (Å²) < 4.78 is 28.6. The molecular weight excluding hydrogens is 490 g/mol. The van der Waals surface area contributed by atoms with Crippen molar-refractivity contribution < 1.29 is 13.6 Å². The lowest BCUT2D eigenvalue weighted by atomic mass is 9.90. The highest BCUT2D eigenvalue weighted by Gasteiger charge is 2.27. The summed E-state index contributed by atoms with van der Waals surface area (Å²) in [5.41, 5.74) is 10.1. The number of hydrogen-bond acceptors (Lipinski definition) is 2. The molecular formula is C34H34F2N2O. The number of halogens is 2. The zero-order chi connectivity index (χ0) is 27.7. The topological polar surface area (TPSA) is 41.1 Å². The van der Waals surface area contributed by atoms with Crippen LogP contribution in [0.4, 0.5) is 8.78 Å². The molecule has 0 spiro atoms. The van der Waals surface area contributed by atoms with Gasteiger partial charge in [-0.3, -0.25) is 4.79 Å². The Bertz CT molecular complexity index is 1510. The van der Waals surface area contributed by atoms with Crippen LogP contribution < -0.4 is 10.6 Å². The molecule has 0 fully saturated rings. The Kier molecular flexibility index (Phi) is 7.51. The van der Waals surface area contributed by atoms with Crippen LogP contribution in [0.25, 0.3) is 22.3 Å². The first-order valence-corrected chi connectivity index (χ1v) is 13.6. The molecule has 2 aliphatic rings. The minimum atomic E-state index is -0.531. The Labute approximate surface area is 229 Å². The minimum Gasteiger partial charge on any atom is -0.388 e. The van der Waals surface area contributed by atoms with Crippen LogP contribution in [0.15, 0.2) is 78.5 Å². The Morgan fingerprint density at radius 1 is 1.03 bits per heavy atom. The highest BCUT2D eigenvalue weighted by atomic mass is 19.1. The molecule has 5 rings (SSSR count). The fraction of sp³-hybridized carbons (Fsp3) is 0.265. The van der Waals surface area contributed by atoms with Crippen molar-refractivity contribution in [3.05, 3.63) is 118 Å². The van der Waals surface area contributed by atoms with Crippen LogP contribution in [0, 0.1) is 11.6 Å². The number of amides is 1. The van der Waals surface area contributed by atoms with Gasteiger partial charge in [0.05, 0.1) is 11.6 Å². The van der Waals surface area contributed by atoms with Crippen molar-refractivity contribution in [3.63, 3.8) is 0 Å². The van der Waals surface area contributed by atoms with E-state index in [4.69, 9.17) is 0 Å². The van der Waals surface area contributed by atoms with E-state index in [2.05, 4.69) is 42.3 Å². The number of carbonyl (C=O) groups is 1. The third-order valence-corrected chi connectivity index (χ3v) is 7.88. The molecule has 0 saturated heterocycles. The number of fused-ring (bicyclic) bond motifs is 1. The van der Waals surface area contributed by atoms with E-state index in [1.54, 1.807) is 24.3 Å². The molecule has 39 heavy (non-hydrogen) atoms. The van der Waals surface area contributed by atoms with Crippen LogP contribution in [0.3, 0.4) is 0 Å². The van der Waals surface area contributed by atoms with Crippen molar-refractivity contribution in [2.75, 3.05) is 7.05 Å². The molecule has 0 aromatic heterocycles. The van der Waals surface area contributed by atoms with E-state index >= 15 is 0 Å². The Hall–Kier alpha value is -3.99. The van der Waals surface area contributed by atoms with E-state index in [-0.39, 0.29) is 17.4 Å². The first-order chi connectivity index (χ1) is 18.8. The van der Waals surface area contributed by atoms with Gasteiger partial charge in [0, 0.05) is 18.3 Å². The maximum Gasteiger partial charge on any atom is 0.254 e. The molecule has 0 bridgehead atoms. The zero-order valence-corrected chi connectivity index (χ0v) is 22.8. The summed E-state index contributed by atoms with van der Waals surface area (Å²) in [5.74, 6) is -1.20. The van der Waals surface area contributed by atoms with Gasteiger partial charge in [-0.2, -0.15) is 0 Å². The van der Waals surface area contributed by atoms with E-state index in [1.807, 2.05) is 14.0 Å². The smallest absolute Gasteiger partial charge is 0.254 e. The van der Waals surface area contributed by atoms with E-state index in [0.29, 0.717) is 6.42 Å². The maximum atomic E-state index is 14.9.